The molecule has 2 heterocycles. The molecule has 108 valence electrons. The van der Waals surface area contributed by atoms with E-state index >= 15 is 0 Å². The molecule has 2 saturated heterocycles. The normalized spacial score (nSPS) is 29.0. The molecule has 2 aliphatic heterocycles. The minimum atomic E-state index is 0.235. The Bertz CT molecular complexity index is 500. The largest absolute Gasteiger partial charge is 0.497 e. The molecule has 20 heavy (non-hydrogen) atoms. The van der Waals surface area contributed by atoms with Crippen molar-refractivity contribution in [3.8, 4) is 5.75 Å². The van der Waals surface area contributed by atoms with Gasteiger partial charge in [-0.3, -0.25) is 4.79 Å². The van der Waals surface area contributed by atoms with E-state index in [0.717, 1.165) is 40.2 Å². The van der Waals surface area contributed by atoms with E-state index in [-0.39, 0.29) is 5.92 Å². The highest BCUT2D eigenvalue weighted by Gasteiger charge is 2.36. The summed E-state index contributed by atoms with van der Waals surface area (Å²) >= 11 is 2.13. The fourth-order valence-electron chi connectivity index (χ4n) is 3.53. The van der Waals surface area contributed by atoms with Gasteiger partial charge in [-0.05, 0) is 56.4 Å². The maximum Gasteiger partial charge on any atom is 0.166 e. The quantitative estimate of drug-likeness (QED) is 0.778. The van der Waals surface area contributed by atoms with E-state index in [4.69, 9.17) is 4.74 Å². The second kappa shape index (κ2) is 5.80. The van der Waals surface area contributed by atoms with Crippen molar-refractivity contribution in [2.45, 2.75) is 49.5 Å². The van der Waals surface area contributed by atoms with Crippen LogP contribution < -0.4 is 4.74 Å². The van der Waals surface area contributed by atoms with Crippen molar-refractivity contribution in [3.05, 3.63) is 29.3 Å². The molecule has 3 rings (SSSR count). The summed E-state index contributed by atoms with van der Waals surface area (Å²) in [5.74, 6) is 1.41. The van der Waals surface area contributed by atoms with Crippen LogP contribution in [0, 0.1) is 12.8 Å². The second-order valence-electron chi connectivity index (χ2n) is 6.02. The highest BCUT2D eigenvalue weighted by molar-refractivity contribution is 8.00. The predicted octanol–water partition coefficient (Wildman–Crippen LogP) is 4.25. The molecule has 1 aromatic carbocycles. The van der Waals surface area contributed by atoms with Gasteiger partial charge in [0.1, 0.15) is 5.75 Å². The zero-order valence-electron chi connectivity index (χ0n) is 12.2. The van der Waals surface area contributed by atoms with E-state index in [9.17, 15) is 4.79 Å². The van der Waals surface area contributed by atoms with Crippen LogP contribution in [0.5, 0.6) is 5.75 Å². The van der Waals surface area contributed by atoms with E-state index in [1.807, 2.05) is 25.1 Å². The Hall–Kier alpha value is -0.960. The first-order chi connectivity index (χ1) is 9.67. The molecule has 0 aromatic heterocycles. The number of carbonyl (C=O) groups excluding carboxylic acids is 1. The highest BCUT2D eigenvalue weighted by Crippen LogP contribution is 2.44. The lowest BCUT2D eigenvalue weighted by atomic mass is 9.83. The number of aryl methyl sites for hydroxylation is 1. The Labute approximate surface area is 125 Å². The zero-order chi connectivity index (χ0) is 14.1. The number of carbonyl (C=O) groups is 1. The number of Topliss-reactive ketones (excluding diaryl/α,β-unsaturated/α-hetero) is 1. The topological polar surface area (TPSA) is 26.3 Å². The van der Waals surface area contributed by atoms with E-state index in [1.54, 1.807) is 7.11 Å². The number of methoxy groups -OCH3 is 1. The summed E-state index contributed by atoms with van der Waals surface area (Å²) in [6.45, 7) is 2.01. The molecule has 2 nitrogen and oxygen atoms in total. The van der Waals surface area contributed by atoms with Crippen LogP contribution in [0.3, 0.4) is 0 Å². The standard InChI is InChI=1S/C17H22O2S/c1-11-8-13(19-2)6-7-16(11)17(18)12-9-14-4-3-5-15(10-12)20-14/h6-8,12,14-15H,3-5,9-10H2,1-2H3. The molecule has 2 bridgehead atoms. The molecule has 0 amide bonds. The summed E-state index contributed by atoms with van der Waals surface area (Å²) in [5.41, 5.74) is 1.93. The van der Waals surface area contributed by atoms with Gasteiger partial charge in [0.25, 0.3) is 0 Å². The second-order valence-corrected chi connectivity index (χ2v) is 7.63. The van der Waals surface area contributed by atoms with Gasteiger partial charge in [-0.2, -0.15) is 11.8 Å². The van der Waals surface area contributed by atoms with Gasteiger partial charge in [0.05, 0.1) is 7.11 Å². The van der Waals surface area contributed by atoms with Crippen molar-refractivity contribution in [1.82, 2.24) is 0 Å². The number of benzene rings is 1. The van der Waals surface area contributed by atoms with Gasteiger partial charge in [-0.25, -0.2) is 0 Å². The number of fused-ring (bicyclic) bond motifs is 2. The number of thioether (sulfide) groups is 1. The third kappa shape index (κ3) is 2.73. The smallest absolute Gasteiger partial charge is 0.166 e. The average Bonchev–Trinajstić information content (AvgIpc) is 2.46. The first-order valence-corrected chi connectivity index (χ1v) is 8.46. The summed E-state index contributed by atoms with van der Waals surface area (Å²) in [4.78, 5) is 12.8. The van der Waals surface area contributed by atoms with Gasteiger partial charge in [-0.1, -0.05) is 6.42 Å². The molecule has 2 fully saturated rings. The number of ketones is 1. The number of hydrogen-bond donors (Lipinski definition) is 0. The van der Waals surface area contributed by atoms with Gasteiger partial charge < -0.3 is 4.74 Å². The van der Waals surface area contributed by atoms with Crippen LogP contribution in [0.25, 0.3) is 0 Å². The molecule has 0 saturated carbocycles. The Balaban J connectivity index is 1.78. The van der Waals surface area contributed by atoms with Crippen LogP contribution in [-0.4, -0.2) is 23.4 Å². The van der Waals surface area contributed by atoms with Crippen molar-refractivity contribution in [1.29, 1.82) is 0 Å². The first-order valence-electron chi connectivity index (χ1n) is 7.51. The summed E-state index contributed by atoms with van der Waals surface area (Å²) in [6.07, 6.45) is 6.10. The number of ether oxygens (including phenoxy) is 1. The number of rotatable bonds is 3. The van der Waals surface area contributed by atoms with Crippen molar-refractivity contribution in [2.24, 2.45) is 5.92 Å². The van der Waals surface area contributed by atoms with Crippen LogP contribution >= 0.6 is 11.8 Å². The van der Waals surface area contributed by atoms with Crippen LogP contribution in [0.4, 0.5) is 0 Å². The lowest BCUT2D eigenvalue weighted by Gasteiger charge is -2.38. The van der Waals surface area contributed by atoms with Crippen LogP contribution in [0.1, 0.15) is 48.0 Å². The Morgan fingerprint density at radius 3 is 2.55 bits per heavy atom. The van der Waals surface area contributed by atoms with E-state index in [1.165, 1.54) is 19.3 Å². The minimum Gasteiger partial charge on any atom is -0.497 e. The molecule has 1 aromatic rings. The van der Waals surface area contributed by atoms with Crippen LogP contribution in [-0.2, 0) is 0 Å². The molecule has 3 heteroatoms. The molecule has 0 N–H and O–H groups in total. The molecule has 0 radical (unpaired) electrons. The summed E-state index contributed by atoms with van der Waals surface area (Å²) in [7, 11) is 1.66. The van der Waals surface area contributed by atoms with E-state index in [0.29, 0.717) is 5.78 Å². The monoisotopic (exact) mass is 290 g/mol. The summed E-state index contributed by atoms with van der Waals surface area (Å²) in [6, 6.07) is 5.80. The lowest BCUT2D eigenvalue weighted by Crippen LogP contribution is -2.33. The first kappa shape index (κ1) is 14.0. The molecule has 0 spiro atoms. The maximum atomic E-state index is 12.8. The van der Waals surface area contributed by atoms with Gasteiger partial charge in [0, 0.05) is 22.0 Å². The van der Waals surface area contributed by atoms with Gasteiger partial charge in [0.15, 0.2) is 5.78 Å². The van der Waals surface area contributed by atoms with Gasteiger partial charge in [0.2, 0.25) is 0 Å². The van der Waals surface area contributed by atoms with E-state index < -0.39 is 0 Å². The molecule has 0 aliphatic carbocycles. The highest BCUT2D eigenvalue weighted by atomic mass is 32.2. The third-order valence-corrected chi connectivity index (χ3v) is 6.23. The average molecular weight is 290 g/mol. The summed E-state index contributed by atoms with van der Waals surface area (Å²) in [5, 5.41) is 1.44. The molecular formula is C17H22O2S. The van der Waals surface area contributed by atoms with Gasteiger partial charge in [-0.15, -0.1) is 0 Å². The Morgan fingerprint density at radius 1 is 1.25 bits per heavy atom. The summed E-state index contributed by atoms with van der Waals surface area (Å²) < 4.78 is 5.22. The molecular weight excluding hydrogens is 268 g/mol. The van der Waals surface area contributed by atoms with Crippen LogP contribution in [0.15, 0.2) is 18.2 Å². The Morgan fingerprint density at radius 2 is 1.95 bits per heavy atom. The third-order valence-electron chi connectivity index (χ3n) is 4.60. The fraction of sp³-hybridized carbons (Fsp3) is 0.588. The van der Waals surface area contributed by atoms with Gasteiger partial charge >= 0.3 is 0 Å². The minimum absolute atomic E-state index is 0.235. The van der Waals surface area contributed by atoms with Crippen molar-refractivity contribution in [3.63, 3.8) is 0 Å². The molecule has 2 atom stereocenters. The van der Waals surface area contributed by atoms with Crippen molar-refractivity contribution < 1.29 is 9.53 Å². The predicted molar refractivity (Wildman–Crippen MR) is 83.8 cm³/mol. The van der Waals surface area contributed by atoms with Crippen molar-refractivity contribution in [2.75, 3.05) is 7.11 Å². The SMILES string of the molecule is COc1ccc(C(=O)C2CC3CCCC(C2)S3)c(C)c1. The molecule has 2 aliphatic rings. The van der Waals surface area contributed by atoms with Crippen LogP contribution in [0.2, 0.25) is 0 Å². The maximum absolute atomic E-state index is 12.8. The Kier molecular flexibility index (Phi) is 4.06. The van der Waals surface area contributed by atoms with E-state index in [2.05, 4.69) is 11.8 Å². The number of hydrogen-bond acceptors (Lipinski definition) is 3. The molecule has 2 unspecified atom stereocenters. The zero-order valence-corrected chi connectivity index (χ0v) is 13.0. The lowest BCUT2D eigenvalue weighted by molar-refractivity contribution is 0.0896. The van der Waals surface area contributed by atoms with Crippen molar-refractivity contribution >= 4 is 17.5 Å². The fourth-order valence-corrected chi connectivity index (χ4v) is 5.37.